The van der Waals surface area contributed by atoms with Gasteiger partial charge in [0, 0.05) is 24.8 Å². The van der Waals surface area contributed by atoms with Crippen molar-refractivity contribution >= 4 is 17.6 Å². The van der Waals surface area contributed by atoms with E-state index in [1.165, 1.54) is 0 Å². The van der Waals surface area contributed by atoms with E-state index in [1.807, 2.05) is 24.3 Å². The van der Waals surface area contributed by atoms with E-state index in [-0.39, 0.29) is 6.17 Å². The Morgan fingerprint density at radius 2 is 2.62 bits per heavy atom. The van der Waals surface area contributed by atoms with Crippen LogP contribution in [-0.2, 0) is 0 Å². The highest BCUT2D eigenvalue weighted by atomic mass is 32.1. The predicted octanol–water partition coefficient (Wildman–Crippen LogP) is 0.318. The molecule has 0 aliphatic carbocycles. The fraction of sp³-hybridized carbons (Fsp3) is 0.400. The summed E-state index contributed by atoms with van der Waals surface area (Å²) < 4.78 is 0. The summed E-state index contributed by atoms with van der Waals surface area (Å²) >= 11 is 4.72. The Morgan fingerprint density at radius 1 is 1.88 bits per heavy atom. The highest BCUT2D eigenvalue weighted by Gasteiger charge is 2.08. The van der Waals surface area contributed by atoms with Crippen molar-refractivity contribution in [3.8, 4) is 0 Å². The van der Waals surface area contributed by atoms with E-state index in [2.05, 4.69) is 5.32 Å². The molecule has 1 N–H and O–H groups in total. The van der Waals surface area contributed by atoms with Crippen LogP contribution in [0.1, 0.15) is 0 Å². The number of nitrogens with one attached hydrogen (secondary N) is 1. The predicted molar refractivity (Wildman–Crippen MR) is 37.5 cm³/mol. The minimum atomic E-state index is 0.227. The van der Waals surface area contributed by atoms with Crippen LogP contribution in [0, 0.1) is 0 Å². The number of rotatable bonds is 1. The van der Waals surface area contributed by atoms with Crippen LogP contribution in [0.25, 0.3) is 0 Å². The van der Waals surface area contributed by atoms with Gasteiger partial charge in [-0.3, -0.25) is 0 Å². The molecular weight excluding hydrogens is 120 g/mol. The molecule has 0 aromatic carbocycles. The van der Waals surface area contributed by atoms with Crippen LogP contribution in [0.2, 0.25) is 0 Å². The first-order valence-corrected chi connectivity index (χ1v) is 2.91. The molecule has 1 unspecified atom stereocenters. The zero-order chi connectivity index (χ0) is 5.98. The molecule has 0 saturated heterocycles. The molecule has 0 aromatic heterocycles. The molecule has 0 fully saturated rings. The summed E-state index contributed by atoms with van der Waals surface area (Å²) in [5.74, 6) is 0. The minimum absolute atomic E-state index is 0.227. The molecule has 0 aromatic rings. The molecule has 1 aliphatic rings. The maximum Gasteiger partial charge on any atom is 0.128 e. The molecule has 0 spiro atoms. The van der Waals surface area contributed by atoms with Crippen molar-refractivity contribution in [2.24, 2.45) is 0 Å². The van der Waals surface area contributed by atoms with Gasteiger partial charge in [-0.15, -0.1) is 0 Å². The molecule has 0 saturated carbocycles. The van der Waals surface area contributed by atoms with Crippen molar-refractivity contribution in [2.45, 2.75) is 6.17 Å². The van der Waals surface area contributed by atoms with Gasteiger partial charge in [0.25, 0.3) is 0 Å². The molecule has 1 aliphatic heterocycles. The largest absolute Gasteiger partial charge is 0.366 e. The average molecular weight is 128 g/mol. The number of hydrogen-bond donors (Lipinski definition) is 1. The quantitative estimate of drug-likeness (QED) is 0.512. The third kappa shape index (κ3) is 0.816. The van der Waals surface area contributed by atoms with Crippen LogP contribution in [0.5, 0.6) is 0 Å². The van der Waals surface area contributed by atoms with E-state index in [4.69, 9.17) is 12.2 Å². The van der Waals surface area contributed by atoms with Crippen LogP contribution in [-0.4, -0.2) is 23.5 Å². The van der Waals surface area contributed by atoms with E-state index in [0.717, 1.165) is 0 Å². The van der Waals surface area contributed by atoms with Crippen molar-refractivity contribution in [1.82, 2.24) is 10.2 Å². The topological polar surface area (TPSA) is 15.3 Å². The molecule has 0 amide bonds. The van der Waals surface area contributed by atoms with Crippen molar-refractivity contribution in [1.29, 1.82) is 0 Å². The summed E-state index contributed by atoms with van der Waals surface area (Å²) in [6.07, 6.45) is 4.06. The van der Waals surface area contributed by atoms with Crippen LogP contribution in [0.15, 0.2) is 12.4 Å². The van der Waals surface area contributed by atoms with Crippen LogP contribution in [0.3, 0.4) is 0 Å². The number of nitrogens with zero attached hydrogens (tertiary/aromatic N) is 1. The first-order chi connectivity index (χ1) is 3.84. The maximum atomic E-state index is 4.72. The molecule has 8 heavy (non-hydrogen) atoms. The Balaban J connectivity index is 2.50. The molecule has 1 heterocycles. The SMILES string of the molecule is CN1C=CNC1C=S. The fourth-order valence-electron chi connectivity index (χ4n) is 0.605. The first-order valence-electron chi connectivity index (χ1n) is 2.44. The average Bonchev–Trinajstić information content (AvgIpc) is 2.14. The fourth-order valence-corrected chi connectivity index (χ4v) is 0.875. The van der Waals surface area contributed by atoms with Gasteiger partial charge in [-0.25, -0.2) is 0 Å². The van der Waals surface area contributed by atoms with E-state index < -0.39 is 0 Å². The standard InChI is InChI=1S/C5H8N2S/c1-7-3-2-6-5(7)4-8/h2-6H,1H3. The van der Waals surface area contributed by atoms with Gasteiger partial charge in [-0.2, -0.15) is 0 Å². The van der Waals surface area contributed by atoms with E-state index >= 15 is 0 Å². The van der Waals surface area contributed by atoms with Gasteiger partial charge < -0.3 is 10.2 Å². The van der Waals surface area contributed by atoms with E-state index in [0.29, 0.717) is 0 Å². The monoisotopic (exact) mass is 128 g/mol. The second-order valence-corrected chi connectivity index (χ2v) is 2.00. The molecular formula is C5H8N2S. The van der Waals surface area contributed by atoms with Gasteiger partial charge in [0.15, 0.2) is 0 Å². The van der Waals surface area contributed by atoms with Crippen LogP contribution >= 0.6 is 12.2 Å². The molecule has 1 rings (SSSR count). The summed E-state index contributed by atoms with van der Waals surface area (Å²) in [6.45, 7) is 0. The lowest BCUT2D eigenvalue weighted by atomic mass is 10.5. The second kappa shape index (κ2) is 2.13. The van der Waals surface area contributed by atoms with Crippen molar-refractivity contribution in [2.75, 3.05) is 7.05 Å². The Kier molecular flexibility index (Phi) is 1.48. The normalized spacial score (nSPS) is 25.6. The van der Waals surface area contributed by atoms with E-state index in [9.17, 15) is 0 Å². The van der Waals surface area contributed by atoms with Gasteiger partial charge in [0.2, 0.25) is 0 Å². The third-order valence-electron chi connectivity index (χ3n) is 1.14. The molecule has 44 valence electrons. The summed E-state index contributed by atoms with van der Waals surface area (Å²) in [5.41, 5.74) is 0. The highest BCUT2D eigenvalue weighted by Crippen LogP contribution is 1.96. The van der Waals surface area contributed by atoms with E-state index in [1.54, 1.807) is 5.37 Å². The lowest BCUT2D eigenvalue weighted by Crippen LogP contribution is -2.32. The summed E-state index contributed by atoms with van der Waals surface area (Å²) in [4.78, 5) is 2.01. The Hall–Kier alpha value is -0.570. The second-order valence-electron chi connectivity index (χ2n) is 1.73. The lowest BCUT2D eigenvalue weighted by molar-refractivity contribution is 0.420. The Morgan fingerprint density at radius 3 is 2.88 bits per heavy atom. The van der Waals surface area contributed by atoms with Gasteiger partial charge in [-0.05, 0) is 0 Å². The Labute approximate surface area is 54.2 Å². The zero-order valence-corrected chi connectivity index (χ0v) is 5.48. The molecule has 0 radical (unpaired) electrons. The summed E-state index contributed by atoms with van der Waals surface area (Å²) in [7, 11) is 1.98. The zero-order valence-electron chi connectivity index (χ0n) is 4.66. The maximum absolute atomic E-state index is 4.72. The van der Waals surface area contributed by atoms with Crippen LogP contribution < -0.4 is 5.32 Å². The smallest absolute Gasteiger partial charge is 0.128 e. The van der Waals surface area contributed by atoms with Gasteiger partial charge in [-0.1, -0.05) is 12.2 Å². The van der Waals surface area contributed by atoms with Gasteiger partial charge in [0.1, 0.15) is 6.17 Å². The summed E-state index contributed by atoms with van der Waals surface area (Å²) in [6, 6.07) is 0. The van der Waals surface area contributed by atoms with Gasteiger partial charge >= 0.3 is 0 Å². The molecule has 2 nitrogen and oxygen atoms in total. The Bertz CT molecular complexity index is 122. The van der Waals surface area contributed by atoms with Crippen molar-refractivity contribution in [3.63, 3.8) is 0 Å². The number of thiocarbonyl (C=S) groups is 1. The first kappa shape index (κ1) is 5.56. The molecule has 0 bridgehead atoms. The third-order valence-corrected chi connectivity index (χ3v) is 1.40. The van der Waals surface area contributed by atoms with Crippen LogP contribution in [0.4, 0.5) is 0 Å². The highest BCUT2D eigenvalue weighted by molar-refractivity contribution is 7.79. The molecule has 1 atom stereocenters. The molecule has 3 heteroatoms. The van der Waals surface area contributed by atoms with Gasteiger partial charge in [0.05, 0.1) is 0 Å². The van der Waals surface area contributed by atoms with Crippen molar-refractivity contribution in [3.05, 3.63) is 12.4 Å². The lowest BCUT2D eigenvalue weighted by Gasteiger charge is -2.14. The minimum Gasteiger partial charge on any atom is -0.366 e. The summed E-state index contributed by atoms with van der Waals surface area (Å²) in [5, 5.41) is 4.74. The number of hydrogen-bond acceptors (Lipinski definition) is 3. The van der Waals surface area contributed by atoms with Crippen molar-refractivity contribution < 1.29 is 0 Å².